The summed E-state index contributed by atoms with van der Waals surface area (Å²) < 4.78 is 0. The highest BCUT2D eigenvalue weighted by atomic mass is 16.3. The fourth-order valence-electron chi connectivity index (χ4n) is 1.40. The van der Waals surface area contributed by atoms with Crippen molar-refractivity contribution in [1.82, 2.24) is 9.97 Å². The summed E-state index contributed by atoms with van der Waals surface area (Å²) >= 11 is 0. The molecular weight excluding hydrogens is 202 g/mol. The van der Waals surface area contributed by atoms with Gasteiger partial charge in [-0.3, -0.25) is 0 Å². The largest absolute Gasteiger partial charge is 0.508 e. The molecule has 4 heteroatoms. The predicted molar refractivity (Wildman–Crippen MR) is 62.2 cm³/mol. The number of anilines is 1. The zero-order chi connectivity index (χ0) is 11.4. The van der Waals surface area contributed by atoms with Crippen molar-refractivity contribution in [2.75, 3.05) is 5.32 Å². The van der Waals surface area contributed by atoms with E-state index in [0.717, 1.165) is 17.1 Å². The number of benzene rings is 1. The second kappa shape index (κ2) is 4.61. The number of para-hydroxylation sites is 1. The lowest BCUT2D eigenvalue weighted by Gasteiger charge is -2.07. The molecule has 0 spiro atoms. The molecule has 0 aliphatic carbocycles. The van der Waals surface area contributed by atoms with Crippen LogP contribution in [-0.4, -0.2) is 15.1 Å². The number of aryl methyl sites for hydroxylation is 1. The van der Waals surface area contributed by atoms with E-state index in [1.54, 1.807) is 12.1 Å². The zero-order valence-corrected chi connectivity index (χ0v) is 9.01. The van der Waals surface area contributed by atoms with Crippen LogP contribution in [0, 0.1) is 6.92 Å². The maximum absolute atomic E-state index is 9.57. The van der Waals surface area contributed by atoms with Crippen LogP contribution < -0.4 is 5.32 Å². The second-order valence-corrected chi connectivity index (χ2v) is 3.53. The van der Waals surface area contributed by atoms with Crippen LogP contribution in [0.3, 0.4) is 0 Å². The Balaban J connectivity index is 2.05. The molecule has 4 nitrogen and oxygen atoms in total. The third-order valence-corrected chi connectivity index (χ3v) is 2.26. The van der Waals surface area contributed by atoms with E-state index >= 15 is 0 Å². The molecule has 0 amide bonds. The summed E-state index contributed by atoms with van der Waals surface area (Å²) in [6, 6.07) is 9.09. The van der Waals surface area contributed by atoms with Gasteiger partial charge in [-0.05, 0) is 13.0 Å². The maximum Gasteiger partial charge on any atom is 0.129 e. The standard InChI is InChI=1S/C12H13N3O/c1-9-6-12(15-8-14-9)13-7-10-4-2-3-5-11(10)16/h2-6,8,16H,7H2,1H3,(H,13,14,15). The molecule has 16 heavy (non-hydrogen) atoms. The molecule has 0 aliphatic heterocycles. The number of hydrogen-bond acceptors (Lipinski definition) is 4. The van der Waals surface area contributed by atoms with Gasteiger partial charge in [0.1, 0.15) is 17.9 Å². The SMILES string of the molecule is Cc1cc(NCc2ccccc2O)ncn1. The molecule has 82 valence electrons. The van der Waals surface area contributed by atoms with Gasteiger partial charge in [0.15, 0.2) is 0 Å². The third kappa shape index (κ3) is 2.48. The number of phenols is 1. The summed E-state index contributed by atoms with van der Waals surface area (Å²) in [5.41, 5.74) is 1.76. The van der Waals surface area contributed by atoms with Gasteiger partial charge < -0.3 is 10.4 Å². The van der Waals surface area contributed by atoms with E-state index in [1.807, 2.05) is 25.1 Å². The number of hydrogen-bond donors (Lipinski definition) is 2. The number of phenolic OH excluding ortho intramolecular Hbond substituents is 1. The molecule has 0 bridgehead atoms. The van der Waals surface area contributed by atoms with Crippen LogP contribution in [0.25, 0.3) is 0 Å². The van der Waals surface area contributed by atoms with Crippen LogP contribution in [0.5, 0.6) is 5.75 Å². The molecule has 2 rings (SSSR count). The van der Waals surface area contributed by atoms with E-state index in [-0.39, 0.29) is 0 Å². The average molecular weight is 215 g/mol. The first-order chi connectivity index (χ1) is 7.75. The van der Waals surface area contributed by atoms with Crippen molar-refractivity contribution in [3.05, 3.63) is 47.9 Å². The normalized spacial score (nSPS) is 10.1. The van der Waals surface area contributed by atoms with Crippen molar-refractivity contribution in [1.29, 1.82) is 0 Å². The number of aromatic nitrogens is 2. The van der Waals surface area contributed by atoms with Crippen LogP contribution in [0.15, 0.2) is 36.7 Å². The van der Waals surface area contributed by atoms with E-state index in [9.17, 15) is 5.11 Å². The first kappa shape index (κ1) is 10.4. The predicted octanol–water partition coefficient (Wildman–Crippen LogP) is 2.10. The lowest BCUT2D eigenvalue weighted by molar-refractivity contribution is 0.469. The van der Waals surface area contributed by atoms with E-state index in [2.05, 4.69) is 15.3 Å². The first-order valence-electron chi connectivity index (χ1n) is 5.05. The molecule has 1 heterocycles. The highest BCUT2D eigenvalue weighted by Gasteiger charge is 2.00. The molecule has 0 unspecified atom stereocenters. The Labute approximate surface area is 94.0 Å². The average Bonchev–Trinajstić information content (AvgIpc) is 2.28. The minimum Gasteiger partial charge on any atom is -0.508 e. The fraction of sp³-hybridized carbons (Fsp3) is 0.167. The van der Waals surface area contributed by atoms with E-state index in [4.69, 9.17) is 0 Å². The number of nitrogens with zero attached hydrogens (tertiary/aromatic N) is 2. The van der Waals surface area contributed by atoms with Crippen LogP contribution in [0.2, 0.25) is 0 Å². The molecular formula is C12H13N3O. The molecule has 0 aliphatic rings. The Morgan fingerprint density at radius 3 is 2.81 bits per heavy atom. The molecule has 0 fully saturated rings. The molecule has 1 aromatic carbocycles. The Morgan fingerprint density at radius 2 is 2.06 bits per heavy atom. The number of nitrogens with one attached hydrogen (secondary N) is 1. The molecule has 2 N–H and O–H groups in total. The van der Waals surface area contributed by atoms with Gasteiger partial charge in [0.05, 0.1) is 0 Å². The lowest BCUT2D eigenvalue weighted by atomic mass is 10.2. The topological polar surface area (TPSA) is 58.0 Å². The monoisotopic (exact) mass is 215 g/mol. The quantitative estimate of drug-likeness (QED) is 0.823. The minimum atomic E-state index is 0.292. The smallest absolute Gasteiger partial charge is 0.129 e. The van der Waals surface area contributed by atoms with E-state index < -0.39 is 0 Å². The van der Waals surface area contributed by atoms with Gasteiger partial charge in [0, 0.05) is 23.9 Å². The highest BCUT2D eigenvalue weighted by molar-refractivity contribution is 5.39. The van der Waals surface area contributed by atoms with Crippen LogP contribution in [0.1, 0.15) is 11.3 Å². The summed E-state index contributed by atoms with van der Waals surface area (Å²) in [7, 11) is 0. The van der Waals surface area contributed by atoms with Gasteiger partial charge in [-0.15, -0.1) is 0 Å². The number of aromatic hydroxyl groups is 1. The zero-order valence-electron chi connectivity index (χ0n) is 9.01. The van der Waals surface area contributed by atoms with Crippen molar-refractivity contribution >= 4 is 5.82 Å². The summed E-state index contributed by atoms with van der Waals surface area (Å²) in [4.78, 5) is 8.09. The lowest BCUT2D eigenvalue weighted by Crippen LogP contribution is -2.02. The summed E-state index contributed by atoms with van der Waals surface area (Å²) in [5.74, 6) is 1.05. The van der Waals surface area contributed by atoms with Crippen LogP contribution in [-0.2, 0) is 6.54 Å². The molecule has 0 saturated carbocycles. The second-order valence-electron chi connectivity index (χ2n) is 3.53. The van der Waals surface area contributed by atoms with Gasteiger partial charge in [-0.2, -0.15) is 0 Å². The van der Waals surface area contributed by atoms with E-state index in [0.29, 0.717) is 12.3 Å². The summed E-state index contributed by atoms with van der Waals surface area (Å²) in [6.45, 7) is 2.45. The Kier molecular flexibility index (Phi) is 3.00. The summed E-state index contributed by atoms with van der Waals surface area (Å²) in [5, 5.41) is 12.7. The molecule has 0 radical (unpaired) electrons. The van der Waals surface area contributed by atoms with Crippen LogP contribution >= 0.6 is 0 Å². The van der Waals surface area contributed by atoms with Crippen molar-refractivity contribution in [3.63, 3.8) is 0 Å². The molecule has 1 aromatic heterocycles. The van der Waals surface area contributed by atoms with Crippen molar-refractivity contribution < 1.29 is 5.11 Å². The van der Waals surface area contributed by atoms with Gasteiger partial charge >= 0.3 is 0 Å². The minimum absolute atomic E-state index is 0.292. The Bertz CT molecular complexity index is 485. The van der Waals surface area contributed by atoms with Crippen molar-refractivity contribution in [3.8, 4) is 5.75 Å². The van der Waals surface area contributed by atoms with Gasteiger partial charge in [0.2, 0.25) is 0 Å². The molecule has 0 atom stereocenters. The van der Waals surface area contributed by atoms with E-state index in [1.165, 1.54) is 6.33 Å². The van der Waals surface area contributed by atoms with Crippen molar-refractivity contribution in [2.24, 2.45) is 0 Å². The highest BCUT2D eigenvalue weighted by Crippen LogP contribution is 2.16. The molecule has 2 aromatic rings. The van der Waals surface area contributed by atoms with Gasteiger partial charge in [-0.25, -0.2) is 9.97 Å². The fourth-order valence-corrected chi connectivity index (χ4v) is 1.40. The van der Waals surface area contributed by atoms with Crippen LogP contribution in [0.4, 0.5) is 5.82 Å². The van der Waals surface area contributed by atoms with Gasteiger partial charge in [0.25, 0.3) is 0 Å². The maximum atomic E-state index is 9.57. The first-order valence-corrected chi connectivity index (χ1v) is 5.05. The Hall–Kier alpha value is -2.10. The Morgan fingerprint density at radius 1 is 1.25 bits per heavy atom. The number of rotatable bonds is 3. The van der Waals surface area contributed by atoms with Gasteiger partial charge in [-0.1, -0.05) is 18.2 Å². The third-order valence-electron chi connectivity index (χ3n) is 2.26. The van der Waals surface area contributed by atoms with Crippen molar-refractivity contribution in [2.45, 2.75) is 13.5 Å². The summed E-state index contributed by atoms with van der Waals surface area (Å²) in [6.07, 6.45) is 1.52. The molecule has 0 saturated heterocycles.